The lowest BCUT2D eigenvalue weighted by Gasteiger charge is -2.37. The molecule has 1 heterocycles. The molecule has 1 saturated heterocycles. The van der Waals surface area contributed by atoms with Crippen molar-refractivity contribution in [3.05, 3.63) is 0 Å². The summed E-state index contributed by atoms with van der Waals surface area (Å²) in [6, 6.07) is -0.869. The molecule has 0 aromatic carbocycles. The normalized spacial score (nSPS) is 26.6. The first-order valence-electron chi connectivity index (χ1n) is 7.16. The average Bonchev–Trinajstić information content (AvgIpc) is 2.34. The summed E-state index contributed by atoms with van der Waals surface area (Å²) in [5, 5.41) is 11.9. The SMILES string of the molecule is CCC(C)[C@H](NC(=O)N1CCC(C)CC1C)C(=O)O. The average molecular weight is 270 g/mol. The van der Waals surface area contributed by atoms with Gasteiger partial charge in [0.05, 0.1) is 0 Å². The lowest BCUT2D eigenvalue weighted by Crippen LogP contribution is -2.54. The molecule has 5 nitrogen and oxygen atoms in total. The Hall–Kier alpha value is -1.26. The fourth-order valence-corrected chi connectivity index (χ4v) is 2.61. The molecule has 4 atom stereocenters. The van der Waals surface area contributed by atoms with E-state index in [1.807, 2.05) is 20.8 Å². The van der Waals surface area contributed by atoms with Crippen LogP contribution in [0.2, 0.25) is 0 Å². The minimum Gasteiger partial charge on any atom is -0.480 e. The summed E-state index contributed by atoms with van der Waals surface area (Å²) in [4.78, 5) is 25.2. The zero-order chi connectivity index (χ0) is 14.6. The minimum atomic E-state index is -0.958. The van der Waals surface area contributed by atoms with Gasteiger partial charge in [0, 0.05) is 12.6 Å². The van der Waals surface area contributed by atoms with Crippen LogP contribution in [0.5, 0.6) is 0 Å². The first-order valence-corrected chi connectivity index (χ1v) is 7.16. The Morgan fingerprint density at radius 1 is 1.42 bits per heavy atom. The summed E-state index contributed by atoms with van der Waals surface area (Å²) in [5.74, 6) is -0.398. The summed E-state index contributed by atoms with van der Waals surface area (Å²) in [6.45, 7) is 8.69. The largest absolute Gasteiger partial charge is 0.480 e. The molecule has 0 aliphatic carbocycles. The smallest absolute Gasteiger partial charge is 0.326 e. The molecule has 0 aromatic heterocycles. The van der Waals surface area contributed by atoms with Gasteiger partial charge >= 0.3 is 12.0 Å². The van der Waals surface area contributed by atoms with Crippen molar-refractivity contribution in [2.45, 2.75) is 59.0 Å². The Morgan fingerprint density at radius 2 is 2.05 bits per heavy atom. The van der Waals surface area contributed by atoms with Crippen molar-refractivity contribution in [3.63, 3.8) is 0 Å². The number of carboxylic acid groups (broad SMARTS) is 1. The Morgan fingerprint density at radius 3 is 2.53 bits per heavy atom. The number of likely N-dealkylation sites (tertiary alicyclic amines) is 1. The molecule has 3 unspecified atom stereocenters. The predicted molar refractivity (Wildman–Crippen MR) is 74.0 cm³/mol. The number of carboxylic acids is 1. The van der Waals surface area contributed by atoms with E-state index in [0.29, 0.717) is 12.5 Å². The zero-order valence-corrected chi connectivity index (χ0v) is 12.3. The van der Waals surface area contributed by atoms with Crippen LogP contribution in [0.4, 0.5) is 4.79 Å². The van der Waals surface area contributed by atoms with Gasteiger partial charge in [0.15, 0.2) is 0 Å². The van der Waals surface area contributed by atoms with Gasteiger partial charge < -0.3 is 15.3 Å². The summed E-state index contributed by atoms with van der Waals surface area (Å²) < 4.78 is 0. The molecule has 1 aliphatic heterocycles. The van der Waals surface area contributed by atoms with Gasteiger partial charge in [-0.1, -0.05) is 27.2 Å². The van der Waals surface area contributed by atoms with Gasteiger partial charge in [0.25, 0.3) is 0 Å². The first kappa shape index (κ1) is 15.8. The summed E-state index contributed by atoms with van der Waals surface area (Å²) in [6.07, 6.45) is 2.69. The molecule has 0 radical (unpaired) electrons. The zero-order valence-electron chi connectivity index (χ0n) is 12.3. The highest BCUT2D eigenvalue weighted by Gasteiger charge is 2.31. The van der Waals surface area contributed by atoms with Crippen LogP contribution in [0.1, 0.15) is 47.0 Å². The van der Waals surface area contributed by atoms with Gasteiger partial charge in [-0.15, -0.1) is 0 Å². The summed E-state index contributed by atoms with van der Waals surface area (Å²) in [7, 11) is 0. The third-order valence-electron chi connectivity index (χ3n) is 4.16. The number of piperidine rings is 1. The molecule has 0 bridgehead atoms. The van der Waals surface area contributed by atoms with Crippen molar-refractivity contribution in [1.82, 2.24) is 10.2 Å². The second-order valence-electron chi connectivity index (χ2n) is 5.82. The number of hydrogen-bond acceptors (Lipinski definition) is 2. The van der Waals surface area contributed by atoms with Gasteiger partial charge in [-0.05, 0) is 31.6 Å². The quantitative estimate of drug-likeness (QED) is 0.823. The van der Waals surface area contributed by atoms with E-state index < -0.39 is 12.0 Å². The van der Waals surface area contributed by atoms with Gasteiger partial charge in [-0.2, -0.15) is 0 Å². The van der Waals surface area contributed by atoms with Gasteiger partial charge in [-0.3, -0.25) is 0 Å². The second-order valence-corrected chi connectivity index (χ2v) is 5.82. The van der Waals surface area contributed by atoms with E-state index in [1.54, 1.807) is 4.90 Å². The summed E-state index contributed by atoms with van der Waals surface area (Å²) in [5.41, 5.74) is 0. The van der Waals surface area contributed by atoms with E-state index in [9.17, 15) is 14.7 Å². The van der Waals surface area contributed by atoms with Crippen molar-refractivity contribution in [1.29, 1.82) is 0 Å². The molecule has 2 N–H and O–H groups in total. The third kappa shape index (κ3) is 4.11. The maximum absolute atomic E-state index is 12.2. The molecule has 0 saturated carbocycles. The van der Waals surface area contributed by atoms with E-state index >= 15 is 0 Å². The minimum absolute atomic E-state index is 0.0690. The molecule has 19 heavy (non-hydrogen) atoms. The van der Waals surface area contributed by atoms with Gasteiger partial charge in [0.1, 0.15) is 6.04 Å². The molecule has 5 heteroatoms. The Balaban J connectivity index is 2.64. The van der Waals surface area contributed by atoms with Crippen molar-refractivity contribution in [3.8, 4) is 0 Å². The van der Waals surface area contributed by atoms with E-state index in [-0.39, 0.29) is 18.0 Å². The monoisotopic (exact) mass is 270 g/mol. The van der Waals surface area contributed by atoms with Crippen LogP contribution in [0.15, 0.2) is 0 Å². The third-order valence-corrected chi connectivity index (χ3v) is 4.16. The number of amides is 2. The maximum Gasteiger partial charge on any atom is 0.326 e. The van der Waals surface area contributed by atoms with Gasteiger partial charge in [0.2, 0.25) is 0 Å². The van der Waals surface area contributed by atoms with Crippen molar-refractivity contribution >= 4 is 12.0 Å². The molecule has 1 aliphatic rings. The molecular formula is C14H26N2O3. The van der Waals surface area contributed by atoms with Crippen molar-refractivity contribution < 1.29 is 14.7 Å². The van der Waals surface area contributed by atoms with E-state index in [0.717, 1.165) is 19.3 Å². The lowest BCUT2D eigenvalue weighted by atomic mass is 9.93. The number of carbonyl (C=O) groups is 2. The number of nitrogens with zero attached hydrogens (tertiary/aromatic N) is 1. The van der Waals surface area contributed by atoms with E-state index in [1.165, 1.54) is 0 Å². The fraction of sp³-hybridized carbons (Fsp3) is 0.857. The van der Waals surface area contributed by atoms with Crippen LogP contribution in [-0.4, -0.2) is 40.6 Å². The number of nitrogens with one attached hydrogen (secondary N) is 1. The Kier molecular flexibility index (Phi) is 5.63. The second kappa shape index (κ2) is 6.78. The van der Waals surface area contributed by atoms with Crippen LogP contribution in [0.3, 0.4) is 0 Å². The molecule has 2 amide bonds. The number of carbonyl (C=O) groups excluding carboxylic acids is 1. The fourth-order valence-electron chi connectivity index (χ4n) is 2.61. The van der Waals surface area contributed by atoms with Crippen molar-refractivity contribution in [2.75, 3.05) is 6.54 Å². The Bertz CT molecular complexity index is 333. The lowest BCUT2D eigenvalue weighted by molar-refractivity contribution is -0.140. The van der Waals surface area contributed by atoms with Crippen LogP contribution in [0.25, 0.3) is 0 Å². The molecule has 110 valence electrons. The number of aliphatic carboxylic acids is 1. The number of hydrogen-bond donors (Lipinski definition) is 2. The molecular weight excluding hydrogens is 244 g/mol. The maximum atomic E-state index is 12.2. The van der Waals surface area contributed by atoms with E-state index in [4.69, 9.17) is 0 Å². The standard InChI is InChI=1S/C14H26N2O3/c1-5-10(3)12(13(17)18)15-14(19)16-7-6-9(2)8-11(16)4/h9-12H,5-8H2,1-4H3,(H,15,19)(H,17,18)/t9?,10?,11?,12-/m0/s1. The van der Waals surface area contributed by atoms with Gasteiger partial charge in [-0.25, -0.2) is 9.59 Å². The van der Waals surface area contributed by atoms with Crippen LogP contribution in [0, 0.1) is 11.8 Å². The van der Waals surface area contributed by atoms with E-state index in [2.05, 4.69) is 12.2 Å². The molecule has 0 spiro atoms. The Labute approximate surface area is 115 Å². The van der Waals surface area contributed by atoms with Crippen LogP contribution in [-0.2, 0) is 4.79 Å². The first-order chi connectivity index (χ1) is 8.86. The molecule has 0 aromatic rings. The number of rotatable bonds is 4. The van der Waals surface area contributed by atoms with Crippen LogP contribution < -0.4 is 5.32 Å². The number of urea groups is 1. The topological polar surface area (TPSA) is 69.6 Å². The van der Waals surface area contributed by atoms with Crippen molar-refractivity contribution in [2.24, 2.45) is 11.8 Å². The highest BCUT2D eigenvalue weighted by molar-refractivity contribution is 5.83. The highest BCUT2D eigenvalue weighted by Crippen LogP contribution is 2.22. The summed E-state index contributed by atoms with van der Waals surface area (Å²) >= 11 is 0. The highest BCUT2D eigenvalue weighted by atomic mass is 16.4. The van der Waals surface area contributed by atoms with Crippen LogP contribution >= 0.6 is 0 Å². The predicted octanol–water partition coefficient (Wildman–Crippen LogP) is 2.32. The molecule has 1 rings (SSSR count). The molecule has 1 fully saturated rings.